The predicted octanol–water partition coefficient (Wildman–Crippen LogP) is 1.29. The smallest absolute Gasteiger partial charge is 0.319 e. The number of urea groups is 1. The van der Waals surface area contributed by atoms with Gasteiger partial charge in [-0.25, -0.2) is 9.59 Å². The summed E-state index contributed by atoms with van der Waals surface area (Å²) in [6, 6.07) is 4.99. The number of hydrogen-bond acceptors (Lipinski definition) is 3. The van der Waals surface area contributed by atoms with Crippen molar-refractivity contribution in [3.8, 4) is 0 Å². The first-order valence-electron chi connectivity index (χ1n) is 4.06. The zero-order chi connectivity index (χ0) is 9.97. The minimum absolute atomic E-state index is 0.286. The number of rotatable bonds is 1. The molecule has 70 valence electrons. The standard InChI is InChI=1S/C9H7N3O2/c13-5-11-7-3-1-2-6-4-10-9(14)12-8(6)7/h1-3H,4H2,(H2,10,12,14). The normalized spacial score (nSPS) is 13.3. The second-order valence-electron chi connectivity index (χ2n) is 2.82. The van der Waals surface area contributed by atoms with Gasteiger partial charge in [-0.3, -0.25) is 0 Å². The van der Waals surface area contributed by atoms with Crippen molar-refractivity contribution >= 4 is 23.5 Å². The van der Waals surface area contributed by atoms with Gasteiger partial charge in [-0.1, -0.05) is 12.1 Å². The van der Waals surface area contributed by atoms with E-state index in [0.29, 0.717) is 17.9 Å². The Morgan fingerprint density at radius 1 is 1.43 bits per heavy atom. The molecule has 1 heterocycles. The van der Waals surface area contributed by atoms with Gasteiger partial charge in [0.25, 0.3) is 0 Å². The molecule has 0 saturated carbocycles. The number of carbonyl (C=O) groups is 1. The van der Waals surface area contributed by atoms with Crippen LogP contribution in [0.15, 0.2) is 23.2 Å². The number of isocyanates is 1. The molecule has 0 radical (unpaired) electrons. The fourth-order valence-electron chi connectivity index (χ4n) is 1.35. The monoisotopic (exact) mass is 189 g/mol. The summed E-state index contributed by atoms with van der Waals surface area (Å²) >= 11 is 0. The van der Waals surface area contributed by atoms with E-state index < -0.39 is 0 Å². The van der Waals surface area contributed by atoms with Gasteiger partial charge in [-0.15, -0.1) is 0 Å². The lowest BCUT2D eigenvalue weighted by molar-refractivity contribution is 0.251. The van der Waals surface area contributed by atoms with Crippen LogP contribution in [-0.4, -0.2) is 12.1 Å². The quantitative estimate of drug-likeness (QED) is 0.516. The molecule has 0 saturated heterocycles. The molecule has 0 bridgehead atoms. The summed E-state index contributed by atoms with van der Waals surface area (Å²) in [6.07, 6.45) is 1.45. The Morgan fingerprint density at radius 2 is 2.29 bits per heavy atom. The van der Waals surface area contributed by atoms with Gasteiger partial charge in [-0.05, 0) is 11.6 Å². The number of carbonyl (C=O) groups excluding carboxylic acids is 2. The van der Waals surface area contributed by atoms with Gasteiger partial charge in [0.2, 0.25) is 6.08 Å². The first-order valence-corrected chi connectivity index (χ1v) is 4.06. The van der Waals surface area contributed by atoms with Gasteiger partial charge in [0.1, 0.15) is 5.69 Å². The Kier molecular flexibility index (Phi) is 2.01. The lowest BCUT2D eigenvalue weighted by atomic mass is 10.1. The summed E-state index contributed by atoms with van der Waals surface area (Å²) in [6.45, 7) is 0.448. The molecule has 5 nitrogen and oxygen atoms in total. The van der Waals surface area contributed by atoms with E-state index in [0.717, 1.165) is 5.56 Å². The predicted molar refractivity (Wildman–Crippen MR) is 50.1 cm³/mol. The Labute approximate surface area is 79.8 Å². The largest absolute Gasteiger partial charge is 0.334 e. The van der Waals surface area contributed by atoms with Crippen molar-refractivity contribution < 1.29 is 9.59 Å². The maximum absolute atomic E-state index is 11.0. The van der Waals surface area contributed by atoms with Gasteiger partial charge in [-0.2, -0.15) is 4.99 Å². The molecule has 1 aliphatic rings. The van der Waals surface area contributed by atoms with E-state index in [1.54, 1.807) is 12.1 Å². The lowest BCUT2D eigenvalue weighted by Crippen LogP contribution is -2.33. The number of benzene rings is 1. The van der Waals surface area contributed by atoms with Crippen LogP contribution < -0.4 is 10.6 Å². The first kappa shape index (κ1) is 8.47. The third-order valence-corrected chi connectivity index (χ3v) is 1.97. The van der Waals surface area contributed by atoms with Crippen LogP contribution in [0.3, 0.4) is 0 Å². The molecule has 0 atom stereocenters. The fraction of sp³-hybridized carbons (Fsp3) is 0.111. The third-order valence-electron chi connectivity index (χ3n) is 1.97. The Morgan fingerprint density at radius 3 is 3.07 bits per heavy atom. The van der Waals surface area contributed by atoms with Crippen LogP contribution in [0.1, 0.15) is 5.56 Å². The fourth-order valence-corrected chi connectivity index (χ4v) is 1.35. The minimum Gasteiger partial charge on any atom is -0.334 e. The Bertz CT molecular complexity index is 436. The molecule has 1 aromatic carbocycles. The summed E-state index contributed by atoms with van der Waals surface area (Å²) in [7, 11) is 0. The molecule has 14 heavy (non-hydrogen) atoms. The molecule has 1 aliphatic heterocycles. The van der Waals surface area contributed by atoms with Gasteiger partial charge >= 0.3 is 6.03 Å². The molecule has 0 spiro atoms. The molecule has 0 fully saturated rings. The number of anilines is 1. The summed E-state index contributed by atoms with van der Waals surface area (Å²) in [4.78, 5) is 24.6. The van der Waals surface area contributed by atoms with Crippen molar-refractivity contribution in [2.45, 2.75) is 6.54 Å². The van der Waals surface area contributed by atoms with Crippen LogP contribution in [0.4, 0.5) is 16.2 Å². The molecule has 2 amide bonds. The molecule has 0 aromatic heterocycles. The number of para-hydroxylation sites is 1. The highest BCUT2D eigenvalue weighted by Gasteiger charge is 2.16. The van der Waals surface area contributed by atoms with E-state index in [1.165, 1.54) is 6.08 Å². The second kappa shape index (κ2) is 3.32. The number of amides is 2. The number of nitrogens with one attached hydrogen (secondary N) is 2. The van der Waals surface area contributed by atoms with Crippen LogP contribution in [0.5, 0.6) is 0 Å². The molecule has 0 unspecified atom stereocenters. The van der Waals surface area contributed by atoms with Crippen LogP contribution in [0.2, 0.25) is 0 Å². The maximum atomic E-state index is 11.0. The third kappa shape index (κ3) is 1.36. The maximum Gasteiger partial charge on any atom is 0.319 e. The van der Waals surface area contributed by atoms with E-state index in [9.17, 15) is 9.59 Å². The second-order valence-corrected chi connectivity index (χ2v) is 2.82. The summed E-state index contributed by atoms with van der Waals surface area (Å²) in [5.74, 6) is 0. The lowest BCUT2D eigenvalue weighted by Gasteiger charge is -2.18. The van der Waals surface area contributed by atoms with Crippen molar-refractivity contribution in [2.75, 3.05) is 5.32 Å². The van der Waals surface area contributed by atoms with Crippen LogP contribution in [0, 0.1) is 0 Å². The van der Waals surface area contributed by atoms with Gasteiger partial charge in [0, 0.05) is 6.54 Å². The van der Waals surface area contributed by atoms with Crippen molar-refractivity contribution in [3.05, 3.63) is 23.8 Å². The Hall–Kier alpha value is -2.13. The van der Waals surface area contributed by atoms with E-state index in [-0.39, 0.29) is 6.03 Å². The van der Waals surface area contributed by atoms with Crippen molar-refractivity contribution in [3.63, 3.8) is 0 Å². The number of nitrogens with zero attached hydrogens (tertiary/aromatic N) is 1. The summed E-state index contributed by atoms with van der Waals surface area (Å²) in [5.41, 5.74) is 1.92. The van der Waals surface area contributed by atoms with E-state index in [2.05, 4.69) is 15.6 Å². The molecular weight excluding hydrogens is 182 g/mol. The van der Waals surface area contributed by atoms with Crippen LogP contribution >= 0.6 is 0 Å². The average Bonchev–Trinajstić information content (AvgIpc) is 2.19. The minimum atomic E-state index is -0.286. The topological polar surface area (TPSA) is 70.6 Å². The van der Waals surface area contributed by atoms with E-state index in [1.807, 2.05) is 6.07 Å². The number of aliphatic imine (C=N–C) groups is 1. The highest BCUT2D eigenvalue weighted by atomic mass is 16.2. The molecular formula is C9H7N3O2. The molecule has 0 aliphatic carbocycles. The molecule has 2 rings (SSSR count). The van der Waals surface area contributed by atoms with Crippen molar-refractivity contribution in [1.29, 1.82) is 0 Å². The summed E-state index contributed by atoms with van der Waals surface area (Å²) in [5, 5.41) is 5.21. The summed E-state index contributed by atoms with van der Waals surface area (Å²) < 4.78 is 0. The van der Waals surface area contributed by atoms with Crippen LogP contribution in [0.25, 0.3) is 0 Å². The van der Waals surface area contributed by atoms with Crippen LogP contribution in [-0.2, 0) is 11.3 Å². The average molecular weight is 189 g/mol. The SMILES string of the molecule is O=C=Nc1cccc2c1NC(=O)NC2. The molecule has 5 heteroatoms. The van der Waals surface area contributed by atoms with E-state index >= 15 is 0 Å². The van der Waals surface area contributed by atoms with E-state index in [4.69, 9.17) is 0 Å². The highest BCUT2D eigenvalue weighted by Crippen LogP contribution is 2.30. The van der Waals surface area contributed by atoms with Crippen molar-refractivity contribution in [1.82, 2.24) is 5.32 Å². The Balaban J connectivity index is 2.53. The molecule has 2 N–H and O–H groups in total. The van der Waals surface area contributed by atoms with Gasteiger partial charge in [0.15, 0.2) is 0 Å². The highest BCUT2D eigenvalue weighted by molar-refractivity contribution is 5.96. The first-order chi connectivity index (χ1) is 6.81. The molecule has 1 aromatic rings. The van der Waals surface area contributed by atoms with Gasteiger partial charge in [0.05, 0.1) is 5.69 Å². The number of hydrogen-bond donors (Lipinski definition) is 2. The van der Waals surface area contributed by atoms with Crippen molar-refractivity contribution in [2.24, 2.45) is 4.99 Å². The number of fused-ring (bicyclic) bond motifs is 1. The van der Waals surface area contributed by atoms with Gasteiger partial charge < -0.3 is 10.6 Å². The zero-order valence-electron chi connectivity index (χ0n) is 7.20. The zero-order valence-corrected chi connectivity index (χ0v) is 7.20.